The van der Waals surface area contributed by atoms with Crippen molar-refractivity contribution in [2.45, 2.75) is 39.2 Å². The molecule has 2 aromatic carbocycles. The van der Waals surface area contributed by atoms with Crippen molar-refractivity contribution in [3.63, 3.8) is 0 Å². The van der Waals surface area contributed by atoms with Gasteiger partial charge < -0.3 is 4.57 Å². The Morgan fingerprint density at radius 3 is 2.61 bits per heavy atom. The zero-order valence-electron chi connectivity index (χ0n) is 17.9. The summed E-state index contributed by atoms with van der Waals surface area (Å²) in [6.45, 7) is 7.89. The Balaban J connectivity index is 1.62. The van der Waals surface area contributed by atoms with Crippen molar-refractivity contribution < 1.29 is 4.79 Å². The third-order valence-corrected chi connectivity index (χ3v) is 6.70. The Hall–Kier alpha value is -2.51. The van der Waals surface area contributed by atoms with Gasteiger partial charge in [-0.3, -0.25) is 9.69 Å². The van der Waals surface area contributed by atoms with Gasteiger partial charge in [0.05, 0.1) is 16.5 Å². The molecule has 0 saturated heterocycles. The normalized spacial score (nSPS) is 11.7. The topological polar surface area (TPSA) is 51.0 Å². The van der Waals surface area contributed by atoms with E-state index in [0.29, 0.717) is 12.1 Å². The third-order valence-electron chi connectivity index (χ3n) is 5.17. The number of aryl methyl sites for hydroxylation is 1. The summed E-state index contributed by atoms with van der Waals surface area (Å²) in [6.07, 6.45) is 6.31. The van der Waals surface area contributed by atoms with Crippen molar-refractivity contribution in [1.29, 1.82) is 0 Å². The second-order valence-corrected chi connectivity index (χ2v) is 10.5. The summed E-state index contributed by atoms with van der Waals surface area (Å²) >= 11 is 5.06. The summed E-state index contributed by atoms with van der Waals surface area (Å²) < 4.78 is 4.08. The molecule has 5 nitrogen and oxygen atoms in total. The number of halogens is 1. The third kappa shape index (κ3) is 5.05. The SMILES string of the molecule is CC(C)(C)c1ccc(C(=O)N(CCCn2ccnc2)c2nc3ccc(Br)cc3s2)cc1. The molecule has 0 spiro atoms. The first-order chi connectivity index (χ1) is 14.8. The summed E-state index contributed by atoms with van der Waals surface area (Å²) in [5.74, 6) is -0.0239. The molecule has 31 heavy (non-hydrogen) atoms. The Kier molecular flexibility index (Phi) is 6.25. The van der Waals surface area contributed by atoms with Gasteiger partial charge in [0.25, 0.3) is 5.91 Å². The van der Waals surface area contributed by atoms with Crippen LogP contribution < -0.4 is 4.90 Å². The lowest BCUT2D eigenvalue weighted by Gasteiger charge is -2.22. The predicted molar refractivity (Wildman–Crippen MR) is 131 cm³/mol. The van der Waals surface area contributed by atoms with Crippen LogP contribution in [0.1, 0.15) is 43.1 Å². The quantitative estimate of drug-likeness (QED) is 0.315. The summed E-state index contributed by atoms with van der Waals surface area (Å²) in [5, 5.41) is 0.726. The van der Waals surface area contributed by atoms with Crippen LogP contribution in [0.4, 0.5) is 5.13 Å². The number of hydrogen-bond acceptors (Lipinski definition) is 4. The molecule has 4 rings (SSSR count). The minimum Gasteiger partial charge on any atom is -0.337 e. The first kappa shape index (κ1) is 21.7. The van der Waals surface area contributed by atoms with Gasteiger partial charge >= 0.3 is 0 Å². The molecule has 0 saturated carbocycles. The molecule has 1 amide bonds. The summed E-state index contributed by atoms with van der Waals surface area (Å²) in [6, 6.07) is 13.9. The number of benzene rings is 2. The first-order valence-electron chi connectivity index (χ1n) is 10.3. The molecule has 0 aliphatic heterocycles. The van der Waals surface area contributed by atoms with Crippen molar-refractivity contribution in [1.82, 2.24) is 14.5 Å². The van der Waals surface area contributed by atoms with Crippen molar-refractivity contribution in [2.75, 3.05) is 11.4 Å². The average Bonchev–Trinajstić information content (AvgIpc) is 3.39. The highest BCUT2D eigenvalue weighted by Gasteiger charge is 2.22. The van der Waals surface area contributed by atoms with Crippen molar-refractivity contribution in [3.8, 4) is 0 Å². The van der Waals surface area contributed by atoms with Gasteiger partial charge in [-0.15, -0.1) is 0 Å². The molecule has 4 aromatic rings. The molecule has 0 bridgehead atoms. The predicted octanol–water partition coefficient (Wildman–Crippen LogP) is 6.29. The standard InChI is InChI=1S/C24H25BrN4OS/c1-24(2,3)18-7-5-17(6-8-18)22(30)29(13-4-12-28-14-11-26-16-28)23-27-20-10-9-19(25)15-21(20)31-23/h5-11,14-16H,4,12-13H2,1-3H3. The summed E-state index contributed by atoms with van der Waals surface area (Å²) in [4.78, 5) is 24.2. The minimum absolute atomic E-state index is 0.0239. The van der Waals surface area contributed by atoms with E-state index < -0.39 is 0 Å². The van der Waals surface area contributed by atoms with Gasteiger partial charge in [-0.2, -0.15) is 0 Å². The van der Waals surface area contributed by atoms with Crippen molar-refractivity contribution in [3.05, 3.63) is 76.8 Å². The van der Waals surface area contributed by atoms with Gasteiger partial charge in [0.15, 0.2) is 5.13 Å². The first-order valence-corrected chi connectivity index (χ1v) is 11.9. The lowest BCUT2D eigenvalue weighted by Crippen LogP contribution is -2.32. The maximum absolute atomic E-state index is 13.5. The fraction of sp³-hybridized carbons (Fsp3) is 0.292. The van der Waals surface area contributed by atoms with Crippen LogP contribution in [0.25, 0.3) is 10.2 Å². The number of fused-ring (bicyclic) bond motifs is 1. The lowest BCUT2D eigenvalue weighted by molar-refractivity contribution is 0.0986. The molecule has 0 N–H and O–H groups in total. The largest absolute Gasteiger partial charge is 0.337 e. The van der Waals surface area contributed by atoms with E-state index in [9.17, 15) is 4.79 Å². The molecule has 2 heterocycles. The van der Waals surface area contributed by atoms with Gasteiger partial charge in [-0.05, 0) is 47.7 Å². The van der Waals surface area contributed by atoms with Crippen LogP contribution in [-0.4, -0.2) is 27.0 Å². The molecule has 7 heteroatoms. The maximum Gasteiger partial charge on any atom is 0.260 e. The number of anilines is 1. The number of thiazole rings is 1. The Morgan fingerprint density at radius 1 is 1.16 bits per heavy atom. The Morgan fingerprint density at radius 2 is 1.94 bits per heavy atom. The highest BCUT2D eigenvalue weighted by molar-refractivity contribution is 9.10. The van der Waals surface area contributed by atoms with Gasteiger partial charge in [-0.25, -0.2) is 9.97 Å². The molecular weight excluding hydrogens is 472 g/mol. The molecule has 160 valence electrons. The van der Waals surface area contributed by atoms with E-state index in [1.54, 1.807) is 23.9 Å². The molecule has 0 aliphatic carbocycles. The fourth-order valence-electron chi connectivity index (χ4n) is 3.38. The Bertz CT molecular complexity index is 1180. The Labute approximate surface area is 194 Å². The van der Waals surface area contributed by atoms with Crippen LogP contribution in [0.2, 0.25) is 0 Å². The number of amides is 1. The van der Waals surface area contributed by atoms with E-state index in [4.69, 9.17) is 4.98 Å². The highest BCUT2D eigenvalue weighted by Crippen LogP contribution is 2.32. The van der Waals surface area contributed by atoms with Gasteiger partial charge in [0.2, 0.25) is 0 Å². The number of carbonyl (C=O) groups excluding carboxylic acids is 1. The molecule has 0 unspecified atom stereocenters. The lowest BCUT2D eigenvalue weighted by atomic mass is 9.86. The van der Waals surface area contributed by atoms with Crippen LogP contribution in [-0.2, 0) is 12.0 Å². The van der Waals surface area contributed by atoms with E-state index in [1.807, 2.05) is 58.1 Å². The van der Waals surface area contributed by atoms with Crippen LogP contribution in [0, 0.1) is 0 Å². The molecular formula is C24H25BrN4OS. The monoisotopic (exact) mass is 496 g/mol. The number of rotatable bonds is 6. The van der Waals surface area contributed by atoms with Gasteiger partial charge in [0.1, 0.15) is 0 Å². The average molecular weight is 497 g/mol. The zero-order chi connectivity index (χ0) is 22.0. The molecule has 0 fully saturated rings. The van der Waals surface area contributed by atoms with E-state index >= 15 is 0 Å². The maximum atomic E-state index is 13.5. The van der Waals surface area contributed by atoms with E-state index in [1.165, 1.54) is 5.56 Å². The van der Waals surface area contributed by atoms with Crippen LogP contribution in [0.5, 0.6) is 0 Å². The van der Waals surface area contributed by atoms with Crippen molar-refractivity contribution >= 4 is 48.5 Å². The summed E-state index contributed by atoms with van der Waals surface area (Å²) in [7, 11) is 0. The fourth-order valence-corrected chi connectivity index (χ4v) is 4.93. The highest BCUT2D eigenvalue weighted by atomic mass is 79.9. The van der Waals surface area contributed by atoms with Crippen LogP contribution in [0.15, 0.2) is 65.7 Å². The van der Waals surface area contributed by atoms with E-state index in [2.05, 4.69) is 41.7 Å². The second-order valence-electron chi connectivity index (χ2n) is 8.55. The number of imidazole rings is 1. The van der Waals surface area contributed by atoms with E-state index in [0.717, 1.165) is 32.8 Å². The van der Waals surface area contributed by atoms with Crippen LogP contribution in [0.3, 0.4) is 0 Å². The number of hydrogen-bond donors (Lipinski definition) is 0. The molecule has 0 aliphatic rings. The zero-order valence-corrected chi connectivity index (χ0v) is 20.3. The number of carbonyl (C=O) groups is 1. The molecule has 0 atom stereocenters. The van der Waals surface area contributed by atoms with Crippen LogP contribution >= 0.6 is 27.3 Å². The second kappa shape index (κ2) is 8.93. The van der Waals surface area contributed by atoms with Crippen molar-refractivity contribution in [2.24, 2.45) is 0 Å². The van der Waals surface area contributed by atoms with Gasteiger partial charge in [0, 0.05) is 35.5 Å². The summed E-state index contributed by atoms with van der Waals surface area (Å²) in [5.41, 5.74) is 2.84. The smallest absolute Gasteiger partial charge is 0.260 e. The number of aromatic nitrogens is 3. The van der Waals surface area contributed by atoms with Gasteiger partial charge in [-0.1, -0.05) is 60.2 Å². The minimum atomic E-state index is -0.0239. The van der Waals surface area contributed by atoms with E-state index in [-0.39, 0.29) is 11.3 Å². The molecule has 2 aromatic heterocycles. The number of nitrogens with zero attached hydrogens (tertiary/aromatic N) is 4. The molecule has 0 radical (unpaired) electrons.